The van der Waals surface area contributed by atoms with Crippen LogP contribution < -0.4 is 4.90 Å². The van der Waals surface area contributed by atoms with Gasteiger partial charge in [-0.2, -0.15) is 0 Å². The van der Waals surface area contributed by atoms with E-state index in [9.17, 15) is 4.79 Å². The molecule has 0 N–H and O–H groups in total. The summed E-state index contributed by atoms with van der Waals surface area (Å²) in [6.07, 6.45) is 0.442. The molecule has 0 aliphatic carbocycles. The van der Waals surface area contributed by atoms with Crippen molar-refractivity contribution >= 4 is 22.4 Å². The molecule has 1 aromatic heterocycles. The summed E-state index contributed by atoms with van der Waals surface area (Å²) in [4.78, 5) is 20.4. The SMILES string of the molecule is Cc1csc(N2CC(CN=[N+]=[N-])CC2=O)n1. The van der Waals surface area contributed by atoms with Crippen molar-refractivity contribution in [2.24, 2.45) is 11.0 Å². The minimum atomic E-state index is 0.0625. The fraction of sp³-hybridized carbons (Fsp3) is 0.556. The minimum absolute atomic E-state index is 0.0625. The van der Waals surface area contributed by atoms with Crippen LogP contribution in [0.5, 0.6) is 0 Å². The van der Waals surface area contributed by atoms with E-state index in [1.54, 1.807) is 4.90 Å². The number of thiazole rings is 1. The highest BCUT2D eigenvalue weighted by atomic mass is 32.1. The quantitative estimate of drug-likeness (QED) is 0.458. The molecule has 1 aliphatic rings. The van der Waals surface area contributed by atoms with Gasteiger partial charge >= 0.3 is 0 Å². The van der Waals surface area contributed by atoms with Crippen molar-refractivity contribution in [2.45, 2.75) is 13.3 Å². The maximum Gasteiger partial charge on any atom is 0.229 e. The Morgan fingerprint density at radius 1 is 1.81 bits per heavy atom. The standard InChI is InChI=1S/C9H11N5OS/c1-6-5-16-9(12-6)14-4-7(2-8(14)15)3-11-13-10/h5,7H,2-4H2,1H3. The van der Waals surface area contributed by atoms with Gasteiger partial charge in [0.05, 0.1) is 5.69 Å². The third kappa shape index (κ3) is 2.15. The molecule has 1 amide bonds. The van der Waals surface area contributed by atoms with E-state index >= 15 is 0 Å². The molecule has 7 heteroatoms. The molecule has 1 aromatic rings. The van der Waals surface area contributed by atoms with Gasteiger partial charge in [0.1, 0.15) is 0 Å². The zero-order valence-electron chi connectivity index (χ0n) is 8.83. The number of carbonyl (C=O) groups excluding carboxylic acids is 1. The largest absolute Gasteiger partial charge is 0.288 e. The van der Waals surface area contributed by atoms with Crippen molar-refractivity contribution in [1.29, 1.82) is 0 Å². The van der Waals surface area contributed by atoms with Gasteiger partial charge in [-0.3, -0.25) is 9.69 Å². The topological polar surface area (TPSA) is 82.0 Å². The van der Waals surface area contributed by atoms with E-state index in [4.69, 9.17) is 5.53 Å². The maximum absolute atomic E-state index is 11.7. The molecule has 0 aromatic carbocycles. The second kappa shape index (κ2) is 4.51. The second-order valence-electron chi connectivity index (χ2n) is 3.76. The summed E-state index contributed by atoms with van der Waals surface area (Å²) in [5.41, 5.74) is 9.15. The first kappa shape index (κ1) is 10.9. The number of anilines is 1. The normalized spacial score (nSPS) is 19.9. The molecule has 0 spiro atoms. The molecule has 1 saturated heterocycles. The molecule has 16 heavy (non-hydrogen) atoms. The predicted octanol–water partition coefficient (Wildman–Crippen LogP) is 2.11. The van der Waals surface area contributed by atoms with Crippen molar-refractivity contribution in [1.82, 2.24) is 4.98 Å². The van der Waals surface area contributed by atoms with Gasteiger partial charge in [-0.25, -0.2) is 4.98 Å². The average molecular weight is 237 g/mol. The van der Waals surface area contributed by atoms with Gasteiger partial charge in [-0.1, -0.05) is 5.11 Å². The lowest BCUT2D eigenvalue weighted by molar-refractivity contribution is -0.117. The van der Waals surface area contributed by atoms with Gasteiger partial charge < -0.3 is 0 Å². The van der Waals surface area contributed by atoms with E-state index in [0.717, 1.165) is 10.8 Å². The Bertz CT molecular complexity index is 451. The molecule has 2 rings (SSSR count). The van der Waals surface area contributed by atoms with Gasteiger partial charge in [0.25, 0.3) is 0 Å². The predicted molar refractivity (Wildman–Crippen MR) is 61.3 cm³/mol. The molecule has 0 bridgehead atoms. The van der Waals surface area contributed by atoms with Crippen LogP contribution in [0.3, 0.4) is 0 Å². The van der Waals surface area contributed by atoms with Gasteiger partial charge in [-0.05, 0) is 18.4 Å². The molecule has 6 nitrogen and oxygen atoms in total. The number of hydrogen-bond acceptors (Lipinski definition) is 4. The van der Waals surface area contributed by atoms with Gasteiger partial charge in [0.15, 0.2) is 5.13 Å². The van der Waals surface area contributed by atoms with Crippen molar-refractivity contribution in [3.8, 4) is 0 Å². The molecule has 1 aliphatic heterocycles. The molecule has 2 heterocycles. The number of amides is 1. The Morgan fingerprint density at radius 2 is 2.62 bits per heavy atom. The van der Waals surface area contributed by atoms with E-state index in [0.29, 0.717) is 19.5 Å². The number of aryl methyl sites for hydroxylation is 1. The lowest BCUT2D eigenvalue weighted by Gasteiger charge is -2.11. The summed E-state index contributed by atoms with van der Waals surface area (Å²) >= 11 is 1.47. The maximum atomic E-state index is 11.7. The molecular weight excluding hydrogens is 226 g/mol. The molecule has 0 radical (unpaired) electrons. The summed E-state index contributed by atoms with van der Waals surface area (Å²) in [6, 6.07) is 0. The first-order chi connectivity index (χ1) is 7.70. The Labute approximate surface area is 96.5 Å². The van der Waals surface area contributed by atoms with Gasteiger partial charge in [-0.15, -0.1) is 11.3 Å². The molecule has 1 fully saturated rings. The third-order valence-corrected chi connectivity index (χ3v) is 3.43. The lowest BCUT2D eigenvalue weighted by Crippen LogP contribution is -2.24. The van der Waals surface area contributed by atoms with E-state index in [-0.39, 0.29) is 11.8 Å². The van der Waals surface area contributed by atoms with Crippen LogP contribution in [0.2, 0.25) is 0 Å². The molecule has 0 saturated carbocycles. The average Bonchev–Trinajstić information content (AvgIpc) is 2.82. The van der Waals surface area contributed by atoms with Crippen LogP contribution in [0.4, 0.5) is 5.13 Å². The minimum Gasteiger partial charge on any atom is -0.288 e. The van der Waals surface area contributed by atoms with Crippen LogP contribution in [0.1, 0.15) is 12.1 Å². The highest BCUT2D eigenvalue weighted by molar-refractivity contribution is 7.14. The van der Waals surface area contributed by atoms with E-state index in [1.165, 1.54) is 11.3 Å². The van der Waals surface area contributed by atoms with Gasteiger partial charge in [0.2, 0.25) is 5.91 Å². The zero-order valence-corrected chi connectivity index (χ0v) is 9.65. The van der Waals surface area contributed by atoms with Gasteiger partial charge in [0, 0.05) is 29.8 Å². The lowest BCUT2D eigenvalue weighted by atomic mass is 10.1. The smallest absolute Gasteiger partial charge is 0.229 e. The fourth-order valence-electron chi connectivity index (χ4n) is 1.71. The third-order valence-electron chi connectivity index (χ3n) is 2.45. The number of hydrogen-bond donors (Lipinski definition) is 0. The van der Waals surface area contributed by atoms with Crippen molar-refractivity contribution in [3.05, 3.63) is 21.5 Å². The van der Waals surface area contributed by atoms with Crippen LogP contribution in [0.25, 0.3) is 10.4 Å². The number of carbonyl (C=O) groups is 1. The van der Waals surface area contributed by atoms with Crippen molar-refractivity contribution in [2.75, 3.05) is 18.0 Å². The van der Waals surface area contributed by atoms with E-state index < -0.39 is 0 Å². The Balaban J connectivity index is 2.07. The Morgan fingerprint density at radius 3 is 3.25 bits per heavy atom. The number of aromatic nitrogens is 1. The van der Waals surface area contributed by atoms with E-state index in [2.05, 4.69) is 15.0 Å². The van der Waals surface area contributed by atoms with Crippen molar-refractivity contribution < 1.29 is 4.79 Å². The van der Waals surface area contributed by atoms with Crippen LogP contribution in [-0.4, -0.2) is 24.0 Å². The summed E-state index contributed by atoms with van der Waals surface area (Å²) in [6.45, 7) is 2.88. The summed E-state index contributed by atoms with van der Waals surface area (Å²) in [7, 11) is 0. The number of rotatable bonds is 3. The highest BCUT2D eigenvalue weighted by Gasteiger charge is 2.31. The first-order valence-electron chi connectivity index (χ1n) is 4.94. The van der Waals surface area contributed by atoms with Crippen LogP contribution in [0.15, 0.2) is 10.5 Å². The fourth-order valence-corrected chi connectivity index (χ4v) is 2.54. The van der Waals surface area contributed by atoms with Crippen molar-refractivity contribution in [3.63, 3.8) is 0 Å². The first-order valence-corrected chi connectivity index (χ1v) is 5.82. The Hall–Kier alpha value is -1.59. The molecule has 1 unspecified atom stereocenters. The Kier molecular flexibility index (Phi) is 3.07. The molecular formula is C9H11N5OS. The number of azide groups is 1. The van der Waals surface area contributed by atoms with Crippen LogP contribution in [-0.2, 0) is 4.79 Å². The second-order valence-corrected chi connectivity index (χ2v) is 4.60. The summed E-state index contributed by atoms with van der Waals surface area (Å²) in [5, 5.41) is 6.17. The van der Waals surface area contributed by atoms with Crippen LogP contribution in [0, 0.1) is 12.8 Å². The molecule has 84 valence electrons. The summed E-state index contributed by atoms with van der Waals surface area (Å²) < 4.78 is 0. The monoisotopic (exact) mass is 237 g/mol. The number of nitrogens with zero attached hydrogens (tertiary/aromatic N) is 5. The van der Waals surface area contributed by atoms with E-state index in [1.807, 2.05) is 12.3 Å². The summed E-state index contributed by atoms with van der Waals surface area (Å²) in [5.74, 6) is 0.181. The molecule has 1 atom stereocenters. The highest BCUT2D eigenvalue weighted by Crippen LogP contribution is 2.27. The zero-order chi connectivity index (χ0) is 11.5. The van der Waals surface area contributed by atoms with Crippen LogP contribution >= 0.6 is 11.3 Å².